The van der Waals surface area contributed by atoms with Gasteiger partial charge in [-0.15, -0.1) is 0 Å². The maximum atomic E-state index is 7.11. The largest absolute Gasteiger partial charge is 0.0998 e. The second kappa shape index (κ2) is 3.05. The molecule has 0 fully saturated rings. The third kappa shape index (κ3) is 1.73. The van der Waals surface area contributed by atoms with Crippen LogP contribution in [0.2, 0.25) is 0 Å². The van der Waals surface area contributed by atoms with Crippen molar-refractivity contribution in [1.29, 1.82) is 0 Å². The van der Waals surface area contributed by atoms with Gasteiger partial charge in [-0.05, 0) is 39.0 Å². The van der Waals surface area contributed by atoms with Gasteiger partial charge in [0.1, 0.15) is 0 Å². The van der Waals surface area contributed by atoms with Crippen LogP contribution in [0.4, 0.5) is 0 Å². The van der Waals surface area contributed by atoms with Crippen LogP contribution in [0, 0.1) is 5.92 Å². The quantitative estimate of drug-likeness (QED) is 0.488. The summed E-state index contributed by atoms with van der Waals surface area (Å²) in [6.45, 7) is 5.75. The summed E-state index contributed by atoms with van der Waals surface area (Å²) in [4.78, 5) is 0. The van der Waals surface area contributed by atoms with Crippen molar-refractivity contribution >= 4 is 0 Å². The van der Waals surface area contributed by atoms with Gasteiger partial charge >= 0.3 is 0 Å². The first-order valence-electron chi connectivity index (χ1n) is 4.52. The molecule has 0 heterocycles. The monoisotopic (exact) mass is 138 g/mol. The summed E-state index contributed by atoms with van der Waals surface area (Å²) in [5.41, 5.74) is 2.74. The number of allylic oxidation sites excluding steroid dienone is 3. The van der Waals surface area contributed by atoms with Gasteiger partial charge in [0.15, 0.2) is 0 Å². The molecule has 1 rings (SSSR count). The molecule has 0 heteroatoms. The van der Waals surface area contributed by atoms with Crippen molar-refractivity contribution in [2.45, 2.75) is 33.1 Å². The van der Waals surface area contributed by atoms with Crippen LogP contribution in [0.25, 0.3) is 0 Å². The molecule has 0 saturated carbocycles. The molecule has 0 unspecified atom stereocenters. The molecule has 10 heavy (non-hydrogen) atoms. The zero-order chi connectivity index (χ0) is 8.27. The van der Waals surface area contributed by atoms with Crippen LogP contribution in [-0.4, -0.2) is 0 Å². The van der Waals surface area contributed by atoms with Crippen LogP contribution in [0.3, 0.4) is 0 Å². The minimum Gasteiger partial charge on any atom is -0.0998 e. The molecule has 1 aliphatic rings. The smallest absolute Gasteiger partial charge is 0.0537 e. The molecule has 0 aromatic heterocycles. The van der Waals surface area contributed by atoms with Crippen molar-refractivity contribution in [1.82, 2.24) is 0 Å². The van der Waals surface area contributed by atoms with Crippen LogP contribution in [0.15, 0.2) is 23.8 Å². The van der Waals surface area contributed by atoms with Crippen molar-refractivity contribution < 1.29 is 1.37 Å². The second-order valence-electron chi connectivity index (χ2n) is 3.27. The standard InChI is InChI=1S/C10H16/c1-8(2)10-6-4-9(3)5-7-10/h4,10H,1,5-7H2,2-3H3/t10-/m1/s1/i1T. The van der Waals surface area contributed by atoms with Gasteiger partial charge in [-0.25, -0.2) is 0 Å². The van der Waals surface area contributed by atoms with E-state index in [1.807, 2.05) is 0 Å². The Morgan fingerprint density at radius 2 is 2.70 bits per heavy atom. The Balaban J connectivity index is 2.54. The molecule has 0 aromatic carbocycles. The normalized spacial score (nSPS) is 29.4. The van der Waals surface area contributed by atoms with E-state index in [0.29, 0.717) is 5.92 Å². The van der Waals surface area contributed by atoms with Crippen molar-refractivity contribution in [2.75, 3.05) is 0 Å². The zero-order valence-electron chi connectivity index (χ0n) is 7.85. The average molecular weight is 138 g/mol. The van der Waals surface area contributed by atoms with E-state index in [4.69, 9.17) is 1.37 Å². The van der Waals surface area contributed by atoms with Crippen LogP contribution >= 0.6 is 0 Å². The van der Waals surface area contributed by atoms with E-state index in [-0.39, 0.29) is 0 Å². The van der Waals surface area contributed by atoms with Crippen LogP contribution in [-0.2, 0) is 0 Å². The minimum absolute atomic E-state index is 0.649. The van der Waals surface area contributed by atoms with E-state index in [1.165, 1.54) is 30.5 Å². The topological polar surface area (TPSA) is 0 Å². The van der Waals surface area contributed by atoms with Gasteiger partial charge in [-0.2, -0.15) is 0 Å². The van der Waals surface area contributed by atoms with Gasteiger partial charge in [0, 0.05) is 0 Å². The summed E-state index contributed by atoms with van der Waals surface area (Å²) in [6, 6.07) is 0. The third-order valence-electron chi connectivity index (χ3n) is 2.28. The van der Waals surface area contributed by atoms with E-state index in [0.717, 1.165) is 6.42 Å². The zero-order valence-corrected chi connectivity index (χ0v) is 6.85. The van der Waals surface area contributed by atoms with Crippen LogP contribution < -0.4 is 0 Å². The van der Waals surface area contributed by atoms with E-state index < -0.39 is 0 Å². The van der Waals surface area contributed by atoms with E-state index in [9.17, 15) is 0 Å². The average Bonchev–Trinajstić information content (AvgIpc) is 2.05. The lowest BCUT2D eigenvalue weighted by molar-refractivity contribution is 0.540. The summed E-state index contributed by atoms with van der Waals surface area (Å²) in [5, 5.41) is 0. The summed E-state index contributed by atoms with van der Waals surface area (Å²) in [7, 11) is 0. The first-order valence-corrected chi connectivity index (χ1v) is 3.94. The fraction of sp³-hybridized carbons (Fsp3) is 0.600. The van der Waals surface area contributed by atoms with E-state index in [2.05, 4.69) is 19.9 Å². The van der Waals surface area contributed by atoms with E-state index in [1.54, 1.807) is 0 Å². The summed E-state index contributed by atoms with van der Waals surface area (Å²) >= 11 is 0. The molecule has 0 radical (unpaired) electrons. The minimum atomic E-state index is 0.649. The summed E-state index contributed by atoms with van der Waals surface area (Å²) < 4.78 is 7.11. The Labute approximate surface area is 65.0 Å². The van der Waals surface area contributed by atoms with Crippen LogP contribution in [0.5, 0.6) is 0 Å². The maximum absolute atomic E-state index is 7.11. The van der Waals surface area contributed by atoms with Crippen molar-refractivity contribution in [3.63, 3.8) is 0 Å². The third-order valence-corrected chi connectivity index (χ3v) is 2.28. The molecule has 0 aliphatic heterocycles. The lowest BCUT2D eigenvalue weighted by Gasteiger charge is -2.19. The molecule has 0 N–H and O–H groups in total. The highest BCUT2D eigenvalue weighted by molar-refractivity contribution is 5.09. The Bertz CT molecular complexity index is 189. The lowest BCUT2D eigenvalue weighted by Crippen LogP contribution is -2.04. The van der Waals surface area contributed by atoms with E-state index >= 15 is 0 Å². The second-order valence-corrected chi connectivity index (χ2v) is 3.27. The fourth-order valence-electron chi connectivity index (χ4n) is 1.38. The first kappa shape index (κ1) is 6.21. The highest BCUT2D eigenvalue weighted by Crippen LogP contribution is 2.27. The van der Waals surface area contributed by atoms with Crippen molar-refractivity contribution in [2.24, 2.45) is 5.92 Å². The van der Waals surface area contributed by atoms with Gasteiger partial charge in [0.2, 0.25) is 0 Å². The summed E-state index contributed by atoms with van der Waals surface area (Å²) in [5.74, 6) is 0.649. The van der Waals surface area contributed by atoms with Crippen molar-refractivity contribution in [3.8, 4) is 0 Å². The van der Waals surface area contributed by atoms with Gasteiger partial charge in [0.25, 0.3) is 0 Å². The molecule has 0 spiro atoms. The predicted octanol–water partition coefficient (Wildman–Crippen LogP) is 3.31. The lowest BCUT2D eigenvalue weighted by atomic mass is 9.86. The predicted molar refractivity (Wildman–Crippen MR) is 45.9 cm³/mol. The Hall–Kier alpha value is -0.520. The number of hydrogen-bond acceptors (Lipinski definition) is 0. The Morgan fingerprint density at radius 3 is 3.20 bits per heavy atom. The van der Waals surface area contributed by atoms with Crippen LogP contribution in [0.1, 0.15) is 34.5 Å². The highest BCUT2D eigenvalue weighted by atomic mass is 14.2. The van der Waals surface area contributed by atoms with Gasteiger partial charge in [0.05, 0.1) is 1.37 Å². The first-order chi connectivity index (χ1) is 5.24. The van der Waals surface area contributed by atoms with Gasteiger partial charge < -0.3 is 0 Å². The molecule has 0 saturated heterocycles. The molecule has 0 amide bonds. The molecule has 1 atom stereocenters. The fourth-order valence-corrected chi connectivity index (χ4v) is 1.38. The Kier molecular flexibility index (Phi) is 1.89. The van der Waals surface area contributed by atoms with Gasteiger partial charge in [-0.3, -0.25) is 0 Å². The molecular weight excluding hydrogens is 120 g/mol. The molecule has 56 valence electrons. The maximum Gasteiger partial charge on any atom is 0.0537 e. The van der Waals surface area contributed by atoms with Crippen molar-refractivity contribution in [3.05, 3.63) is 23.8 Å². The molecule has 0 bridgehead atoms. The Morgan fingerprint density at radius 1 is 1.90 bits per heavy atom. The molecule has 1 aliphatic carbocycles. The molecule has 0 nitrogen and oxygen atoms in total. The van der Waals surface area contributed by atoms with Gasteiger partial charge in [-0.1, -0.05) is 23.8 Å². The molecular formula is C10H16. The number of hydrogen-bond donors (Lipinski definition) is 0. The SMILES string of the molecule is [3H]C=C(C)[C@@H]1CC=C(C)CC1. The highest BCUT2D eigenvalue weighted by Gasteiger charge is 2.11. The summed E-state index contributed by atoms with van der Waals surface area (Å²) in [6.07, 6.45) is 5.91. The number of rotatable bonds is 1. The molecule has 0 aromatic rings.